The molecule has 0 bridgehead atoms. The number of hydrogen-bond donors (Lipinski definition) is 2. The standard InChI is InChI=1S/C19H18BrN5O3S/c1-25-18(12-5-3-7-14(20)9-12)23-24-19(25)29-11-16(26)22-21-10-13-6-4-8-15(28-2)17(13)27/h3-10,27H,11H2,1-2H3,(H,22,26)/b21-10-. The van der Waals surface area contributed by atoms with E-state index < -0.39 is 0 Å². The predicted octanol–water partition coefficient (Wildman–Crippen LogP) is 3.20. The molecule has 2 aromatic carbocycles. The van der Waals surface area contributed by atoms with Crippen molar-refractivity contribution in [1.82, 2.24) is 20.2 Å². The molecule has 150 valence electrons. The number of nitrogens with zero attached hydrogens (tertiary/aromatic N) is 4. The van der Waals surface area contributed by atoms with Gasteiger partial charge in [-0.2, -0.15) is 5.10 Å². The van der Waals surface area contributed by atoms with E-state index in [2.05, 4.69) is 36.7 Å². The first-order chi connectivity index (χ1) is 14.0. The molecule has 1 amide bonds. The van der Waals surface area contributed by atoms with Gasteiger partial charge in [0.25, 0.3) is 5.91 Å². The van der Waals surface area contributed by atoms with Crippen molar-refractivity contribution in [3.63, 3.8) is 0 Å². The van der Waals surface area contributed by atoms with Crippen LogP contribution < -0.4 is 10.2 Å². The molecule has 0 aliphatic carbocycles. The first-order valence-electron chi connectivity index (χ1n) is 8.45. The monoisotopic (exact) mass is 475 g/mol. The molecule has 0 saturated carbocycles. The van der Waals surface area contributed by atoms with E-state index in [1.54, 1.807) is 18.2 Å². The van der Waals surface area contributed by atoms with Crippen molar-refractivity contribution in [3.8, 4) is 22.9 Å². The van der Waals surface area contributed by atoms with Gasteiger partial charge in [0.05, 0.1) is 19.1 Å². The molecular weight excluding hydrogens is 458 g/mol. The number of nitrogens with one attached hydrogen (secondary N) is 1. The van der Waals surface area contributed by atoms with Crippen LogP contribution in [0.5, 0.6) is 11.5 Å². The largest absolute Gasteiger partial charge is 0.504 e. The van der Waals surface area contributed by atoms with E-state index in [0.29, 0.717) is 22.3 Å². The van der Waals surface area contributed by atoms with E-state index in [9.17, 15) is 9.90 Å². The van der Waals surface area contributed by atoms with Gasteiger partial charge in [-0.15, -0.1) is 10.2 Å². The normalized spacial score (nSPS) is 11.0. The Morgan fingerprint density at radius 2 is 2.14 bits per heavy atom. The van der Waals surface area contributed by atoms with Gasteiger partial charge in [0.2, 0.25) is 0 Å². The Morgan fingerprint density at radius 3 is 2.90 bits per heavy atom. The van der Waals surface area contributed by atoms with Gasteiger partial charge in [0.1, 0.15) is 0 Å². The highest BCUT2D eigenvalue weighted by Crippen LogP contribution is 2.28. The summed E-state index contributed by atoms with van der Waals surface area (Å²) in [7, 11) is 3.31. The van der Waals surface area contributed by atoms with Gasteiger partial charge in [-0.25, -0.2) is 5.43 Å². The molecule has 0 fully saturated rings. The van der Waals surface area contributed by atoms with Crippen molar-refractivity contribution < 1.29 is 14.6 Å². The molecular formula is C19H18BrN5O3S. The Bertz CT molecular complexity index is 1050. The van der Waals surface area contributed by atoms with Crippen LogP contribution in [0.1, 0.15) is 5.56 Å². The lowest BCUT2D eigenvalue weighted by Gasteiger charge is -2.05. The van der Waals surface area contributed by atoms with E-state index in [1.807, 2.05) is 35.9 Å². The molecule has 1 heterocycles. The molecule has 0 aliphatic heterocycles. The minimum absolute atomic E-state index is 0.0402. The molecule has 29 heavy (non-hydrogen) atoms. The summed E-state index contributed by atoms with van der Waals surface area (Å²) < 4.78 is 7.81. The third-order valence-corrected chi connectivity index (χ3v) is 5.41. The van der Waals surface area contributed by atoms with Crippen molar-refractivity contribution in [2.45, 2.75) is 5.16 Å². The zero-order valence-corrected chi connectivity index (χ0v) is 18.1. The number of halogens is 1. The van der Waals surface area contributed by atoms with Crippen molar-refractivity contribution in [2.75, 3.05) is 12.9 Å². The maximum atomic E-state index is 12.1. The molecule has 3 aromatic rings. The number of rotatable bonds is 7. The first-order valence-corrected chi connectivity index (χ1v) is 10.2. The fourth-order valence-electron chi connectivity index (χ4n) is 2.46. The number of methoxy groups -OCH3 is 1. The quantitative estimate of drug-likeness (QED) is 0.309. The minimum Gasteiger partial charge on any atom is -0.504 e. The van der Waals surface area contributed by atoms with Crippen LogP contribution in [0.3, 0.4) is 0 Å². The summed E-state index contributed by atoms with van der Waals surface area (Å²) >= 11 is 4.69. The van der Waals surface area contributed by atoms with E-state index in [0.717, 1.165) is 10.0 Å². The van der Waals surface area contributed by atoms with Crippen molar-refractivity contribution in [1.29, 1.82) is 0 Å². The third-order valence-electron chi connectivity index (χ3n) is 3.89. The summed E-state index contributed by atoms with van der Waals surface area (Å²) in [6.45, 7) is 0. The average molecular weight is 476 g/mol. The number of amides is 1. The zero-order chi connectivity index (χ0) is 20.8. The Hall–Kier alpha value is -2.85. The summed E-state index contributed by atoms with van der Waals surface area (Å²) in [6.07, 6.45) is 1.36. The zero-order valence-electron chi connectivity index (χ0n) is 15.7. The number of phenolic OH excluding ortho intramolecular Hbond substituents is 1. The molecule has 3 rings (SSSR count). The lowest BCUT2D eigenvalue weighted by atomic mass is 10.2. The number of carbonyl (C=O) groups is 1. The number of carbonyl (C=O) groups excluding carboxylic acids is 1. The maximum absolute atomic E-state index is 12.1. The Morgan fingerprint density at radius 1 is 1.34 bits per heavy atom. The molecule has 0 unspecified atom stereocenters. The molecule has 0 aliphatic rings. The lowest BCUT2D eigenvalue weighted by Crippen LogP contribution is -2.19. The van der Waals surface area contributed by atoms with E-state index >= 15 is 0 Å². The Kier molecular flexibility index (Phi) is 6.89. The van der Waals surface area contributed by atoms with Crippen LogP contribution in [0, 0.1) is 0 Å². The Balaban J connectivity index is 1.58. The summed E-state index contributed by atoms with van der Waals surface area (Å²) in [4.78, 5) is 12.1. The van der Waals surface area contributed by atoms with Gasteiger partial charge < -0.3 is 14.4 Å². The highest BCUT2D eigenvalue weighted by atomic mass is 79.9. The van der Waals surface area contributed by atoms with Gasteiger partial charge >= 0.3 is 0 Å². The van der Waals surface area contributed by atoms with Crippen LogP contribution in [-0.4, -0.2) is 44.9 Å². The average Bonchev–Trinajstić information content (AvgIpc) is 3.08. The number of aromatic hydroxyl groups is 1. The van der Waals surface area contributed by atoms with Crippen LogP contribution >= 0.6 is 27.7 Å². The van der Waals surface area contributed by atoms with Gasteiger partial charge in [-0.05, 0) is 24.3 Å². The molecule has 0 atom stereocenters. The number of phenols is 1. The summed E-state index contributed by atoms with van der Waals surface area (Å²) in [5, 5.41) is 22.8. The fourth-order valence-corrected chi connectivity index (χ4v) is 3.57. The second-order valence-corrected chi connectivity index (χ2v) is 7.71. The predicted molar refractivity (Wildman–Crippen MR) is 115 cm³/mol. The molecule has 2 N–H and O–H groups in total. The first kappa shape index (κ1) is 20.9. The van der Waals surface area contributed by atoms with Gasteiger partial charge in [0.15, 0.2) is 22.5 Å². The van der Waals surface area contributed by atoms with E-state index in [-0.39, 0.29) is 17.4 Å². The summed E-state index contributed by atoms with van der Waals surface area (Å²) in [5.41, 5.74) is 3.78. The second-order valence-electron chi connectivity index (χ2n) is 5.86. The molecule has 1 aromatic heterocycles. The molecule has 8 nitrogen and oxygen atoms in total. The van der Waals surface area contributed by atoms with Crippen LogP contribution in [0.15, 0.2) is 57.2 Å². The maximum Gasteiger partial charge on any atom is 0.250 e. The number of aromatic nitrogens is 3. The van der Waals surface area contributed by atoms with E-state index in [1.165, 1.54) is 25.1 Å². The number of hydrogen-bond acceptors (Lipinski definition) is 7. The minimum atomic E-state index is -0.305. The van der Waals surface area contributed by atoms with Gasteiger partial charge in [-0.1, -0.05) is 45.9 Å². The topological polar surface area (TPSA) is 102 Å². The SMILES string of the molecule is COc1cccc(/C=N\NC(=O)CSc2nnc(-c3cccc(Br)c3)n2C)c1O. The van der Waals surface area contributed by atoms with Crippen LogP contribution in [-0.2, 0) is 11.8 Å². The summed E-state index contributed by atoms with van der Waals surface area (Å²) in [5.74, 6) is 0.814. The molecule has 0 spiro atoms. The fraction of sp³-hybridized carbons (Fsp3) is 0.158. The third kappa shape index (κ3) is 5.15. The number of thioether (sulfide) groups is 1. The smallest absolute Gasteiger partial charge is 0.250 e. The van der Waals surface area contributed by atoms with Gasteiger partial charge in [-0.3, -0.25) is 4.79 Å². The van der Waals surface area contributed by atoms with Crippen molar-refractivity contribution in [3.05, 3.63) is 52.5 Å². The van der Waals surface area contributed by atoms with E-state index in [4.69, 9.17) is 4.74 Å². The number of para-hydroxylation sites is 1. The second kappa shape index (κ2) is 9.57. The lowest BCUT2D eigenvalue weighted by molar-refractivity contribution is -0.118. The van der Waals surface area contributed by atoms with Crippen molar-refractivity contribution in [2.24, 2.45) is 12.1 Å². The van der Waals surface area contributed by atoms with Crippen LogP contribution in [0.25, 0.3) is 11.4 Å². The van der Waals surface area contributed by atoms with Gasteiger partial charge in [0, 0.05) is 22.6 Å². The molecule has 0 radical (unpaired) electrons. The van der Waals surface area contributed by atoms with Crippen molar-refractivity contribution >= 4 is 39.8 Å². The Labute approximate surface area is 180 Å². The number of benzene rings is 2. The molecule has 0 saturated heterocycles. The van der Waals surface area contributed by atoms with Crippen LogP contribution in [0.4, 0.5) is 0 Å². The highest BCUT2D eigenvalue weighted by molar-refractivity contribution is 9.10. The number of hydrazone groups is 1. The molecule has 10 heteroatoms. The van der Waals surface area contributed by atoms with Crippen LogP contribution in [0.2, 0.25) is 0 Å². The summed E-state index contributed by atoms with van der Waals surface area (Å²) in [6, 6.07) is 12.8. The highest BCUT2D eigenvalue weighted by Gasteiger charge is 2.13. The number of ether oxygens (including phenoxy) is 1.